The summed E-state index contributed by atoms with van der Waals surface area (Å²) in [7, 11) is 0. The van der Waals surface area contributed by atoms with Crippen molar-refractivity contribution >= 4 is 57.0 Å². The molecule has 0 radical (unpaired) electrons. The van der Waals surface area contributed by atoms with Crippen LogP contribution in [0.1, 0.15) is 53.3 Å². The van der Waals surface area contributed by atoms with Crippen molar-refractivity contribution in [1.82, 2.24) is 0 Å². The summed E-state index contributed by atoms with van der Waals surface area (Å²) in [6, 6.07) is 7.93. The molecular formula is C22H29N3O4S2. The Kier molecular flexibility index (Phi) is 9.26. The molecule has 2 rings (SSSR count). The first-order valence-electron chi connectivity index (χ1n) is 10.3. The Labute approximate surface area is 192 Å². The van der Waals surface area contributed by atoms with Crippen LogP contribution >= 0.6 is 23.6 Å². The molecule has 0 bridgehead atoms. The maximum absolute atomic E-state index is 12.5. The fourth-order valence-electron chi connectivity index (χ4n) is 3.05. The predicted molar refractivity (Wildman–Crippen MR) is 131 cm³/mol. The number of benzene rings is 1. The van der Waals surface area contributed by atoms with E-state index in [-0.39, 0.29) is 18.8 Å². The molecule has 2 aromatic rings. The fraction of sp³-hybridized carbons (Fsp3) is 0.409. The van der Waals surface area contributed by atoms with Crippen molar-refractivity contribution in [2.45, 2.75) is 34.6 Å². The topological polar surface area (TPSA) is 79.9 Å². The van der Waals surface area contributed by atoms with Gasteiger partial charge < -0.3 is 25.0 Å². The molecule has 0 spiro atoms. The highest BCUT2D eigenvalue weighted by atomic mass is 32.1. The molecule has 7 nitrogen and oxygen atoms in total. The van der Waals surface area contributed by atoms with E-state index in [0.717, 1.165) is 35.8 Å². The van der Waals surface area contributed by atoms with Gasteiger partial charge in [0, 0.05) is 24.5 Å². The Morgan fingerprint density at radius 2 is 1.55 bits per heavy atom. The number of thiophene rings is 1. The minimum absolute atomic E-state index is 0.226. The molecule has 0 saturated heterocycles. The molecule has 2 N–H and O–H groups in total. The summed E-state index contributed by atoms with van der Waals surface area (Å²) in [4.78, 5) is 27.4. The van der Waals surface area contributed by atoms with Gasteiger partial charge in [0.2, 0.25) is 0 Å². The molecule has 0 aliphatic rings. The van der Waals surface area contributed by atoms with Crippen molar-refractivity contribution in [3.8, 4) is 0 Å². The largest absolute Gasteiger partial charge is 0.462 e. The summed E-state index contributed by atoms with van der Waals surface area (Å²) in [6.07, 6.45) is 0. The first-order valence-corrected chi connectivity index (χ1v) is 11.5. The summed E-state index contributed by atoms with van der Waals surface area (Å²) < 4.78 is 10.3. The number of nitrogens with one attached hydrogen (secondary N) is 2. The molecule has 168 valence electrons. The van der Waals surface area contributed by atoms with Gasteiger partial charge in [-0.2, -0.15) is 0 Å². The number of nitrogens with zero attached hydrogens (tertiary/aromatic N) is 1. The standard InChI is InChI=1S/C22H29N3O4S2/c1-6-25(7-2)16-12-10-15(11-13-16)23-22(30)24-19-17(20(26)28-8-3)14(5)18(31-19)21(27)29-9-4/h10-13H,6-9H2,1-5H3,(H2,23,24,30). The van der Waals surface area contributed by atoms with Gasteiger partial charge in [0.15, 0.2) is 5.11 Å². The average molecular weight is 464 g/mol. The zero-order valence-corrected chi connectivity index (χ0v) is 20.2. The molecular weight excluding hydrogens is 434 g/mol. The Morgan fingerprint density at radius 3 is 2.10 bits per heavy atom. The normalized spacial score (nSPS) is 10.4. The van der Waals surface area contributed by atoms with Gasteiger partial charge in [-0.1, -0.05) is 0 Å². The SMILES string of the molecule is CCOC(=O)c1sc(NC(=S)Nc2ccc(N(CC)CC)cc2)c(C(=O)OCC)c1C. The zero-order chi connectivity index (χ0) is 23.0. The Hall–Kier alpha value is -2.65. The molecule has 31 heavy (non-hydrogen) atoms. The van der Waals surface area contributed by atoms with Crippen LogP contribution in [-0.4, -0.2) is 43.4 Å². The number of thiocarbonyl (C=S) groups is 1. The molecule has 0 aliphatic heterocycles. The van der Waals surface area contributed by atoms with Crippen LogP contribution in [0, 0.1) is 6.92 Å². The minimum Gasteiger partial charge on any atom is -0.462 e. The second-order valence-electron chi connectivity index (χ2n) is 6.50. The molecule has 9 heteroatoms. The number of anilines is 3. The van der Waals surface area contributed by atoms with E-state index in [1.54, 1.807) is 20.8 Å². The van der Waals surface area contributed by atoms with Gasteiger partial charge in [0.1, 0.15) is 9.88 Å². The van der Waals surface area contributed by atoms with Crippen molar-refractivity contribution in [2.24, 2.45) is 0 Å². The lowest BCUT2D eigenvalue weighted by Gasteiger charge is -2.21. The lowest BCUT2D eigenvalue weighted by atomic mass is 10.1. The van der Waals surface area contributed by atoms with Gasteiger partial charge >= 0.3 is 11.9 Å². The number of esters is 2. The minimum atomic E-state index is -0.513. The van der Waals surface area contributed by atoms with Crippen molar-refractivity contribution in [1.29, 1.82) is 0 Å². The van der Waals surface area contributed by atoms with E-state index in [1.165, 1.54) is 0 Å². The number of carbonyl (C=O) groups excluding carboxylic acids is 2. The molecule has 0 saturated carbocycles. The van der Waals surface area contributed by atoms with Crippen LogP contribution in [0.3, 0.4) is 0 Å². The van der Waals surface area contributed by atoms with Crippen LogP contribution in [0.2, 0.25) is 0 Å². The number of ether oxygens (including phenoxy) is 2. The highest BCUT2D eigenvalue weighted by Gasteiger charge is 2.26. The first-order chi connectivity index (χ1) is 14.9. The molecule has 1 aromatic carbocycles. The number of hydrogen-bond acceptors (Lipinski definition) is 7. The summed E-state index contributed by atoms with van der Waals surface area (Å²) in [5.74, 6) is -0.991. The van der Waals surface area contributed by atoms with Gasteiger partial charge in [-0.05, 0) is 76.7 Å². The van der Waals surface area contributed by atoms with E-state index in [2.05, 4.69) is 29.4 Å². The Morgan fingerprint density at radius 1 is 0.968 bits per heavy atom. The van der Waals surface area contributed by atoms with Gasteiger partial charge in [-0.3, -0.25) is 0 Å². The van der Waals surface area contributed by atoms with Crippen molar-refractivity contribution < 1.29 is 19.1 Å². The third-order valence-corrected chi connectivity index (χ3v) is 5.96. The van der Waals surface area contributed by atoms with Gasteiger partial charge in [0.25, 0.3) is 0 Å². The third kappa shape index (κ3) is 6.18. The fourth-order valence-corrected chi connectivity index (χ4v) is 4.43. The molecule has 1 heterocycles. The van der Waals surface area contributed by atoms with Gasteiger partial charge in [0.05, 0.1) is 18.8 Å². The predicted octanol–water partition coefficient (Wildman–Crippen LogP) is 5.07. The number of carbonyl (C=O) groups is 2. The quantitative estimate of drug-likeness (QED) is 0.394. The van der Waals surface area contributed by atoms with Crippen molar-refractivity contribution in [2.75, 3.05) is 41.8 Å². The maximum atomic E-state index is 12.5. The van der Waals surface area contributed by atoms with Crippen LogP contribution in [0.15, 0.2) is 24.3 Å². The van der Waals surface area contributed by atoms with E-state index < -0.39 is 11.9 Å². The average Bonchev–Trinajstić information content (AvgIpc) is 3.06. The van der Waals surface area contributed by atoms with Crippen molar-refractivity contribution in [3.05, 3.63) is 40.3 Å². The summed E-state index contributed by atoms with van der Waals surface area (Å²) >= 11 is 6.55. The van der Waals surface area contributed by atoms with E-state index in [4.69, 9.17) is 21.7 Å². The summed E-state index contributed by atoms with van der Waals surface area (Å²) in [5.41, 5.74) is 2.74. The smallest absolute Gasteiger partial charge is 0.348 e. The maximum Gasteiger partial charge on any atom is 0.348 e. The van der Waals surface area contributed by atoms with E-state index >= 15 is 0 Å². The van der Waals surface area contributed by atoms with Crippen LogP contribution < -0.4 is 15.5 Å². The molecule has 0 aliphatic carbocycles. The lowest BCUT2D eigenvalue weighted by molar-refractivity contribution is 0.0527. The molecule has 0 fully saturated rings. The van der Waals surface area contributed by atoms with Crippen LogP contribution in [0.25, 0.3) is 0 Å². The summed E-state index contributed by atoms with van der Waals surface area (Å²) in [6.45, 7) is 11.7. The van der Waals surface area contributed by atoms with Gasteiger partial charge in [-0.15, -0.1) is 11.3 Å². The highest BCUT2D eigenvalue weighted by Crippen LogP contribution is 2.34. The molecule has 0 unspecified atom stereocenters. The van der Waals surface area contributed by atoms with Crippen LogP contribution in [0.5, 0.6) is 0 Å². The second kappa shape index (κ2) is 11.7. The number of hydrogen-bond donors (Lipinski definition) is 2. The van der Waals surface area contributed by atoms with E-state index in [1.807, 2.05) is 24.3 Å². The van der Waals surface area contributed by atoms with Crippen molar-refractivity contribution in [3.63, 3.8) is 0 Å². The second-order valence-corrected chi connectivity index (χ2v) is 7.93. The third-order valence-electron chi connectivity index (χ3n) is 4.57. The lowest BCUT2D eigenvalue weighted by Crippen LogP contribution is -2.22. The van der Waals surface area contributed by atoms with Crippen LogP contribution in [-0.2, 0) is 9.47 Å². The summed E-state index contributed by atoms with van der Waals surface area (Å²) in [5, 5.41) is 6.89. The van der Waals surface area contributed by atoms with E-state index in [9.17, 15) is 9.59 Å². The highest BCUT2D eigenvalue weighted by molar-refractivity contribution is 7.80. The van der Waals surface area contributed by atoms with Gasteiger partial charge in [-0.25, -0.2) is 9.59 Å². The first kappa shape index (κ1) is 24.6. The monoisotopic (exact) mass is 463 g/mol. The van der Waals surface area contributed by atoms with Crippen LogP contribution in [0.4, 0.5) is 16.4 Å². The number of rotatable bonds is 9. The molecule has 0 atom stereocenters. The Bertz CT molecular complexity index is 922. The van der Waals surface area contributed by atoms with E-state index in [0.29, 0.717) is 20.6 Å². The Balaban J connectivity index is 2.22. The molecule has 1 aromatic heterocycles. The molecule has 0 amide bonds. The zero-order valence-electron chi connectivity index (χ0n) is 18.5.